The number of carbonyl (C=O) groups is 1. The van der Waals surface area contributed by atoms with E-state index in [9.17, 15) is 9.90 Å². The van der Waals surface area contributed by atoms with E-state index in [2.05, 4.69) is 10.2 Å². The molecule has 1 fully saturated rings. The molecule has 1 saturated heterocycles. The van der Waals surface area contributed by atoms with Crippen molar-refractivity contribution in [1.29, 1.82) is 0 Å². The van der Waals surface area contributed by atoms with Gasteiger partial charge in [-0.25, -0.2) is 0 Å². The third kappa shape index (κ3) is 4.24. The number of rotatable bonds is 5. The number of amides is 1. The number of benzene rings is 1. The van der Waals surface area contributed by atoms with Crippen molar-refractivity contribution in [2.45, 2.75) is 6.54 Å². The number of nitrogens with zero attached hydrogens (tertiary/aromatic N) is 3. The van der Waals surface area contributed by atoms with Crippen LogP contribution in [-0.2, 0) is 11.3 Å². The van der Waals surface area contributed by atoms with Gasteiger partial charge in [0.15, 0.2) is 5.17 Å². The van der Waals surface area contributed by atoms with Gasteiger partial charge in [0, 0.05) is 4.88 Å². The van der Waals surface area contributed by atoms with Gasteiger partial charge in [-0.05, 0) is 71.2 Å². The van der Waals surface area contributed by atoms with Crippen molar-refractivity contribution in [3.05, 3.63) is 81.3 Å². The lowest BCUT2D eigenvalue weighted by molar-refractivity contribution is -0.122. The molecule has 2 aromatic heterocycles. The molecule has 0 aliphatic carbocycles. The molecule has 3 heterocycles. The Kier molecular flexibility index (Phi) is 5.41. The largest absolute Gasteiger partial charge is 0.508 e. The molecule has 140 valence electrons. The van der Waals surface area contributed by atoms with E-state index in [0.29, 0.717) is 15.8 Å². The quantitative estimate of drug-likeness (QED) is 0.381. The summed E-state index contributed by atoms with van der Waals surface area (Å²) in [4.78, 5) is 16.0. The zero-order chi connectivity index (χ0) is 19.3. The highest BCUT2D eigenvalue weighted by molar-refractivity contribution is 8.18. The van der Waals surface area contributed by atoms with Crippen molar-refractivity contribution < 1.29 is 14.3 Å². The molecule has 0 bridgehead atoms. The second kappa shape index (κ2) is 8.28. The van der Waals surface area contributed by atoms with Crippen molar-refractivity contribution in [3.8, 4) is 5.75 Å². The predicted octanol–water partition coefficient (Wildman–Crippen LogP) is 4.55. The van der Waals surface area contributed by atoms with E-state index in [-0.39, 0.29) is 18.2 Å². The number of furan rings is 1. The van der Waals surface area contributed by atoms with Crippen LogP contribution in [0.4, 0.5) is 0 Å². The summed E-state index contributed by atoms with van der Waals surface area (Å²) < 4.78 is 5.38. The van der Waals surface area contributed by atoms with Crippen LogP contribution in [0.3, 0.4) is 0 Å². The molecule has 0 radical (unpaired) electrons. The van der Waals surface area contributed by atoms with Crippen LogP contribution < -0.4 is 0 Å². The van der Waals surface area contributed by atoms with E-state index in [1.165, 1.54) is 11.8 Å². The first-order valence-corrected chi connectivity index (χ1v) is 10.1. The molecule has 6 nitrogen and oxygen atoms in total. The second-order valence-electron chi connectivity index (χ2n) is 5.82. The lowest BCUT2D eigenvalue weighted by Crippen LogP contribution is -2.28. The van der Waals surface area contributed by atoms with Gasteiger partial charge in [0.05, 0.1) is 23.9 Å². The number of aromatic hydroxyl groups is 1. The molecule has 0 unspecified atom stereocenters. The number of hydrogen-bond donors (Lipinski definition) is 1. The highest BCUT2D eigenvalue weighted by atomic mass is 32.2. The summed E-state index contributed by atoms with van der Waals surface area (Å²) in [6.45, 7) is 0.286. The number of amidine groups is 1. The Bertz CT molecular complexity index is 1040. The third-order valence-electron chi connectivity index (χ3n) is 3.84. The van der Waals surface area contributed by atoms with E-state index in [0.717, 1.165) is 10.4 Å². The molecule has 3 aromatic rings. The van der Waals surface area contributed by atoms with Crippen molar-refractivity contribution >= 4 is 46.5 Å². The van der Waals surface area contributed by atoms with Crippen molar-refractivity contribution in [2.75, 3.05) is 0 Å². The molecule has 1 aliphatic rings. The SMILES string of the molecule is O=C1/C(=C/c2cccs2)S/C(=N\N=C\c2ccc(O)cc2)N1Cc1ccco1. The van der Waals surface area contributed by atoms with E-state index in [4.69, 9.17) is 4.42 Å². The summed E-state index contributed by atoms with van der Waals surface area (Å²) in [6.07, 6.45) is 5.01. The Morgan fingerprint density at radius 1 is 1.14 bits per heavy atom. The average molecular weight is 409 g/mol. The first-order chi connectivity index (χ1) is 13.7. The number of thioether (sulfide) groups is 1. The molecule has 4 rings (SSSR count). The van der Waals surface area contributed by atoms with E-state index >= 15 is 0 Å². The van der Waals surface area contributed by atoms with Crippen LogP contribution in [0.1, 0.15) is 16.2 Å². The van der Waals surface area contributed by atoms with Gasteiger partial charge in [-0.2, -0.15) is 5.10 Å². The fraction of sp³-hybridized carbons (Fsp3) is 0.0500. The molecule has 28 heavy (non-hydrogen) atoms. The maximum absolute atomic E-state index is 12.9. The minimum absolute atomic E-state index is 0.131. The van der Waals surface area contributed by atoms with Gasteiger partial charge in [-0.1, -0.05) is 6.07 Å². The lowest BCUT2D eigenvalue weighted by Gasteiger charge is -2.12. The summed E-state index contributed by atoms with van der Waals surface area (Å²) in [5.74, 6) is 0.725. The number of thiophene rings is 1. The Morgan fingerprint density at radius 2 is 2.00 bits per heavy atom. The molecular weight excluding hydrogens is 394 g/mol. The molecule has 1 amide bonds. The average Bonchev–Trinajstić information content (AvgIpc) is 3.44. The van der Waals surface area contributed by atoms with Gasteiger partial charge in [0.25, 0.3) is 5.91 Å². The number of hydrogen-bond acceptors (Lipinski definition) is 7. The number of phenols is 1. The molecule has 1 N–H and O–H groups in total. The van der Waals surface area contributed by atoms with Crippen molar-refractivity contribution in [2.24, 2.45) is 10.2 Å². The van der Waals surface area contributed by atoms with Crippen LogP contribution in [-0.4, -0.2) is 27.3 Å². The van der Waals surface area contributed by atoms with Gasteiger partial charge < -0.3 is 9.52 Å². The highest BCUT2D eigenvalue weighted by Gasteiger charge is 2.34. The van der Waals surface area contributed by atoms with Crippen LogP contribution in [0.2, 0.25) is 0 Å². The van der Waals surface area contributed by atoms with Gasteiger partial charge in [0.1, 0.15) is 11.5 Å². The van der Waals surface area contributed by atoms with Gasteiger partial charge >= 0.3 is 0 Å². The molecular formula is C20H15N3O3S2. The fourth-order valence-corrected chi connectivity index (χ4v) is 4.15. The Morgan fingerprint density at radius 3 is 2.71 bits per heavy atom. The van der Waals surface area contributed by atoms with Crippen LogP contribution in [0.25, 0.3) is 6.08 Å². The fourth-order valence-electron chi connectivity index (χ4n) is 2.49. The summed E-state index contributed by atoms with van der Waals surface area (Å²) in [6, 6.07) is 14.1. The molecule has 0 spiro atoms. The summed E-state index contributed by atoms with van der Waals surface area (Å²) in [5.41, 5.74) is 0.795. The first-order valence-electron chi connectivity index (χ1n) is 8.36. The number of carbonyl (C=O) groups excluding carboxylic acids is 1. The van der Waals surface area contributed by atoms with Crippen LogP contribution >= 0.6 is 23.1 Å². The van der Waals surface area contributed by atoms with Gasteiger partial charge in [0.2, 0.25) is 0 Å². The highest BCUT2D eigenvalue weighted by Crippen LogP contribution is 2.34. The van der Waals surface area contributed by atoms with Gasteiger partial charge in [-0.3, -0.25) is 9.69 Å². The normalized spacial score (nSPS) is 17.4. The predicted molar refractivity (Wildman–Crippen MR) is 112 cm³/mol. The lowest BCUT2D eigenvalue weighted by atomic mass is 10.2. The smallest absolute Gasteiger partial charge is 0.267 e. The summed E-state index contributed by atoms with van der Waals surface area (Å²) in [5, 5.41) is 20.1. The van der Waals surface area contributed by atoms with Crippen molar-refractivity contribution in [1.82, 2.24) is 4.90 Å². The zero-order valence-electron chi connectivity index (χ0n) is 14.6. The minimum Gasteiger partial charge on any atom is -0.508 e. The molecule has 1 aromatic carbocycles. The van der Waals surface area contributed by atoms with Crippen LogP contribution in [0.15, 0.2) is 79.7 Å². The molecule has 1 aliphatic heterocycles. The van der Waals surface area contributed by atoms with E-state index in [1.54, 1.807) is 59.0 Å². The first kappa shape index (κ1) is 18.3. The molecule has 0 saturated carbocycles. The van der Waals surface area contributed by atoms with E-state index < -0.39 is 0 Å². The third-order valence-corrected chi connectivity index (χ3v) is 5.66. The van der Waals surface area contributed by atoms with Gasteiger partial charge in [-0.15, -0.1) is 16.4 Å². The maximum atomic E-state index is 12.9. The molecule has 8 heteroatoms. The second-order valence-corrected chi connectivity index (χ2v) is 7.80. The maximum Gasteiger partial charge on any atom is 0.267 e. The van der Waals surface area contributed by atoms with E-state index in [1.807, 2.05) is 29.7 Å². The minimum atomic E-state index is -0.131. The Labute approximate surface area is 169 Å². The van der Waals surface area contributed by atoms with Crippen LogP contribution in [0, 0.1) is 0 Å². The Hall–Kier alpha value is -3.10. The Balaban J connectivity index is 1.60. The monoisotopic (exact) mass is 409 g/mol. The topological polar surface area (TPSA) is 78.4 Å². The zero-order valence-corrected chi connectivity index (χ0v) is 16.2. The molecule has 0 atom stereocenters. The van der Waals surface area contributed by atoms with Crippen LogP contribution in [0.5, 0.6) is 5.75 Å². The standard InChI is InChI=1S/C20H15N3O3S2/c24-15-7-5-14(6-8-15)12-21-22-20-23(13-16-3-1-9-26-16)19(25)18(28-20)11-17-4-2-10-27-17/h1-12,24H,13H2/b18-11-,21-12+,22-20-. The summed E-state index contributed by atoms with van der Waals surface area (Å²) in [7, 11) is 0. The summed E-state index contributed by atoms with van der Waals surface area (Å²) >= 11 is 2.85. The number of phenolic OH excluding ortho intramolecular Hbond substituents is 1. The van der Waals surface area contributed by atoms with Crippen molar-refractivity contribution in [3.63, 3.8) is 0 Å².